The van der Waals surface area contributed by atoms with Gasteiger partial charge in [-0.2, -0.15) is 9.61 Å². The lowest BCUT2D eigenvalue weighted by Gasteiger charge is -2.30. The zero-order valence-corrected chi connectivity index (χ0v) is 22.9. The van der Waals surface area contributed by atoms with E-state index in [1.165, 1.54) is 26.1 Å². The van der Waals surface area contributed by atoms with E-state index in [9.17, 15) is 23.6 Å². The van der Waals surface area contributed by atoms with Gasteiger partial charge in [-0.1, -0.05) is 6.92 Å². The number of ether oxygens (including phenoxy) is 1. The van der Waals surface area contributed by atoms with Gasteiger partial charge in [0, 0.05) is 19.2 Å². The highest BCUT2D eigenvalue weighted by Gasteiger charge is 2.39. The van der Waals surface area contributed by atoms with Crippen LogP contribution in [-0.4, -0.2) is 71.6 Å². The van der Waals surface area contributed by atoms with Crippen LogP contribution in [0, 0.1) is 5.82 Å². The number of amides is 3. The summed E-state index contributed by atoms with van der Waals surface area (Å²) in [6.07, 6.45) is 2.58. The Bertz CT molecular complexity index is 1540. The molecule has 0 bridgehead atoms. The van der Waals surface area contributed by atoms with E-state index in [0.717, 1.165) is 12.6 Å². The molecule has 1 saturated heterocycles. The van der Waals surface area contributed by atoms with E-state index in [0.29, 0.717) is 30.7 Å². The number of nitrogens with one attached hydrogen (secondary N) is 1. The van der Waals surface area contributed by atoms with Gasteiger partial charge in [0.2, 0.25) is 5.91 Å². The molecule has 0 unspecified atom stereocenters. The summed E-state index contributed by atoms with van der Waals surface area (Å²) in [5, 5.41) is 6.99. The summed E-state index contributed by atoms with van der Waals surface area (Å²) in [7, 11) is 0. The number of likely N-dealkylation sites (tertiary alicyclic amines) is 1. The molecule has 0 aliphatic carbocycles. The van der Waals surface area contributed by atoms with Gasteiger partial charge >= 0.3 is 6.09 Å². The number of halogens is 1. The second-order valence-electron chi connectivity index (χ2n) is 11.0. The molecule has 1 atom stereocenters. The molecule has 2 aliphatic rings. The molecule has 13 heteroatoms. The first-order valence-electron chi connectivity index (χ1n) is 13.3. The summed E-state index contributed by atoms with van der Waals surface area (Å²) in [5.74, 6) is -1.30. The molecular weight excluding hydrogens is 521 g/mol. The normalized spacial score (nSPS) is 17.0. The van der Waals surface area contributed by atoms with Crippen molar-refractivity contribution in [1.82, 2.24) is 29.0 Å². The average molecular weight is 554 g/mol. The Kier molecular flexibility index (Phi) is 7.06. The molecule has 0 radical (unpaired) electrons. The van der Waals surface area contributed by atoms with Gasteiger partial charge in [-0.3, -0.25) is 14.4 Å². The number of nitrogens with zero attached hydrogens (tertiary/aromatic N) is 6. The molecule has 0 aromatic carbocycles. The maximum atomic E-state index is 13.8. The quantitative estimate of drug-likeness (QED) is 0.496. The van der Waals surface area contributed by atoms with Gasteiger partial charge in [0.25, 0.3) is 11.5 Å². The Balaban J connectivity index is 1.45. The van der Waals surface area contributed by atoms with E-state index in [-0.39, 0.29) is 42.8 Å². The minimum atomic E-state index is -0.650. The predicted molar refractivity (Wildman–Crippen MR) is 142 cm³/mol. The number of aryl methyl sites for hydroxylation is 1. The van der Waals surface area contributed by atoms with Crippen molar-refractivity contribution in [2.45, 2.75) is 71.7 Å². The lowest BCUT2D eigenvalue weighted by molar-refractivity contribution is -0.116. The SMILES string of the molecule is CCc1cc2n(CC(=O)Nc3ccc(F)cn3)c3c(c(=O)n2n1)CN(C[C@H]1CCCN1C(=O)OC(C)(C)C)C3=O. The van der Waals surface area contributed by atoms with Crippen molar-refractivity contribution in [3.63, 3.8) is 0 Å². The first kappa shape index (κ1) is 27.3. The van der Waals surface area contributed by atoms with Crippen LogP contribution in [0.25, 0.3) is 5.65 Å². The molecule has 40 heavy (non-hydrogen) atoms. The van der Waals surface area contributed by atoms with E-state index in [4.69, 9.17) is 4.74 Å². The molecule has 5 heterocycles. The zero-order chi connectivity index (χ0) is 28.8. The molecule has 0 spiro atoms. The average Bonchev–Trinajstić information content (AvgIpc) is 3.61. The molecule has 1 fully saturated rings. The fourth-order valence-electron chi connectivity index (χ4n) is 5.16. The van der Waals surface area contributed by atoms with Crippen molar-refractivity contribution in [1.29, 1.82) is 0 Å². The van der Waals surface area contributed by atoms with E-state index in [1.54, 1.807) is 31.7 Å². The maximum absolute atomic E-state index is 13.8. The molecule has 3 aromatic heterocycles. The highest BCUT2D eigenvalue weighted by Crippen LogP contribution is 2.27. The Morgan fingerprint density at radius 1 is 1.23 bits per heavy atom. The number of anilines is 1. The first-order chi connectivity index (χ1) is 18.9. The van der Waals surface area contributed by atoms with Crippen LogP contribution in [0.15, 0.2) is 29.2 Å². The molecule has 12 nitrogen and oxygen atoms in total. The summed E-state index contributed by atoms with van der Waals surface area (Å²) in [6, 6.07) is 3.92. The van der Waals surface area contributed by atoms with Crippen molar-refractivity contribution in [3.05, 3.63) is 57.5 Å². The first-order valence-corrected chi connectivity index (χ1v) is 13.3. The number of carbonyl (C=O) groups is 3. The Labute approximate surface area is 229 Å². The van der Waals surface area contributed by atoms with Crippen LogP contribution < -0.4 is 10.9 Å². The lowest BCUT2D eigenvalue weighted by Crippen LogP contribution is -2.45. The maximum Gasteiger partial charge on any atom is 0.410 e. The van der Waals surface area contributed by atoms with E-state index in [2.05, 4.69) is 15.4 Å². The molecule has 2 aliphatic heterocycles. The third-order valence-corrected chi connectivity index (χ3v) is 6.96. The van der Waals surface area contributed by atoms with E-state index < -0.39 is 34.9 Å². The summed E-state index contributed by atoms with van der Waals surface area (Å²) >= 11 is 0. The molecular formula is C27H32FN7O5. The van der Waals surface area contributed by atoms with Crippen molar-refractivity contribution >= 4 is 29.4 Å². The van der Waals surface area contributed by atoms with Gasteiger partial charge in [-0.25, -0.2) is 14.2 Å². The van der Waals surface area contributed by atoms with Gasteiger partial charge < -0.3 is 24.4 Å². The highest BCUT2D eigenvalue weighted by molar-refractivity contribution is 5.98. The standard InChI is InChI=1S/C27H32FN7O5/c1-5-17-11-22-34(15-21(36)30-20-9-8-16(28)12-29-20)23-19(24(37)35(22)31-17)14-32(25(23)38)13-18-7-6-10-33(18)26(39)40-27(2,3)4/h8-9,11-12,18H,5-7,10,13-15H2,1-4H3,(H,29,30,36)/t18-/m1/s1. The third-order valence-electron chi connectivity index (χ3n) is 6.96. The monoisotopic (exact) mass is 553 g/mol. The third kappa shape index (κ3) is 5.27. The van der Waals surface area contributed by atoms with Crippen LogP contribution in [0.1, 0.15) is 62.3 Å². The smallest absolute Gasteiger partial charge is 0.410 e. The molecule has 212 valence electrons. The lowest BCUT2D eigenvalue weighted by atomic mass is 10.2. The van der Waals surface area contributed by atoms with Crippen molar-refractivity contribution in [3.8, 4) is 0 Å². The number of aromatic nitrogens is 4. The zero-order valence-electron chi connectivity index (χ0n) is 22.9. The van der Waals surface area contributed by atoms with Crippen molar-refractivity contribution in [2.75, 3.05) is 18.4 Å². The largest absolute Gasteiger partial charge is 0.444 e. The Hall–Kier alpha value is -4.29. The van der Waals surface area contributed by atoms with Crippen LogP contribution in [0.2, 0.25) is 0 Å². The van der Waals surface area contributed by atoms with Gasteiger partial charge in [0.05, 0.1) is 30.0 Å². The molecule has 5 rings (SSSR count). The van der Waals surface area contributed by atoms with E-state index >= 15 is 0 Å². The second-order valence-corrected chi connectivity index (χ2v) is 11.0. The number of hydrogen-bond acceptors (Lipinski definition) is 7. The molecule has 3 amide bonds. The number of carbonyl (C=O) groups excluding carboxylic acids is 3. The number of fused-ring (bicyclic) bond motifs is 2. The fraction of sp³-hybridized carbons (Fsp3) is 0.481. The predicted octanol–water partition coefficient (Wildman–Crippen LogP) is 2.59. The number of rotatable bonds is 6. The summed E-state index contributed by atoms with van der Waals surface area (Å²) in [6.45, 7) is 7.77. The van der Waals surface area contributed by atoms with Crippen molar-refractivity contribution < 1.29 is 23.5 Å². The highest BCUT2D eigenvalue weighted by atomic mass is 19.1. The molecule has 1 N–H and O–H groups in total. The van der Waals surface area contributed by atoms with Gasteiger partial charge in [0.1, 0.15) is 35.1 Å². The Morgan fingerprint density at radius 2 is 2.00 bits per heavy atom. The summed E-state index contributed by atoms with van der Waals surface area (Å²) < 4.78 is 21.5. The van der Waals surface area contributed by atoms with Crippen molar-refractivity contribution in [2.24, 2.45) is 0 Å². The number of pyridine rings is 1. The number of hydrogen-bond donors (Lipinski definition) is 1. The molecule has 0 saturated carbocycles. The van der Waals surface area contributed by atoms with Gasteiger partial charge in [-0.05, 0) is 52.2 Å². The van der Waals surface area contributed by atoms with Gasteiger partial charge in [-0.15, -0.1) is 0 Å². The minimum Gasteiger partial charge on any atom is -0.444 e. The van der Waals surface area contributed by atoms with Crippen LogP contribution in [0.3, 0.4) is 0 Å². The van der Waals surface area contributed by atoms with E-state index in [1.807, 2.05) is 6.92 Å². The molecule has 3 aromatic rings. The van der Waals surface area contributed by atoms with Crippen LogP contribution in [0.4, 0.5) is 15.0 Å². The van der Waals surface area contributed by atoms with Crippen LogP contribution in [-0.2, 0) is 29.0 Å². The van der Waals surface area contributed by atoms with Gasteiger partial charge in [0.15, 0.2) is 0 Å². The van der Waals surface area contributed by atoms with Crippen LogP contribution in [0.5, 0.6) is 0 Å². The Morgan fingerprint density at radius 3 is 2.67 bits per heavy atom. The second kappa shape index (κ2) is 10.4. The fourth-order valence-corrected chi connectivity index (χ4v) is 5.16. The van der Waals surface area contributed by atoms with Crippen LogP contribution >= 0.6 is 0 Å². The minimum absolute atomic E-state index is 0.0318. The topological polar surface area (TPSA) is 131 Å². The summed E-state index contributed by atoms with van der Waals surface area (Å²) in [5.41, 5.74) is 0.227. The summed E-state index contributed by atoms with van der Waals surface area (Å²) in [4.78, 5) is 60.1.